The van der Waals surface area contributed by atoms with E-state index in [1.54, 1.807) is 32.3 Å². The number of amides is 2. The summed E-state index contributed by atoms with van der Waals surface area (Å²) in [5.74, 6) is -0.805. The maximum Gasteiger partial charge on any atom is 0.341 e. The number of hydrogen-bond acceptors (Lipinski definition) is 4. The van der Waals surface area contributed by atoms with Crippen molar-refractivity contribution < 1.29 is 24.2 Å². The fraction of sp³-hybridized carbons (Fsp3) is 0.316. The molecule has 0 heterocycles. The first kappa shape index (κ1) is 19.2. The number of carbonyl (C=O) groups excluding carboxylic acids is 2. The second-order valence-electron chi connectivity index (χ2n) is 6.03. The molecule has 26 heavy (non-hydrogen) atoms. The Morgan fingerprint density at radius 3 is 2.38 bits per heavy atom. The average molecular weight is 358 g/mol. The monoisotopic (exact) mass is 358 g/mol. The summed E-state index contributed by atoms with van der Waals surface area (Å²) in [6.45, 7) is -0.435. The molecule has 2 aromatic carbocycles. The number of anilines is 1. The molecule has 0 unspecified atom stereocenters. The van der Waals surface area contributed by atoms with Gasteiger partial charge in [0.25, 0.3) is 0 Å². The Labute approximate surface area is 151 Å². The van der Waals surface area contributed by atoms with E-state index >= 15 is 0 Å². The van der Waals surface area contributed by atoms with Crippen molar-refractivity contribution in [3.63, 3.8) is 0 Å². The molecule has 7 nitrogen and oxygen atoms in total. The summed E-state index contributed by atoms with van der Waals surface area (Å²) in [6.07, 6.45) is 1.04. The van der Waals surface area contributed by atoms with Crippen LogP contribution in [0.2, 0.25) is 0 Å². The van der Waals surface area contributed by atoms with E-state index in [-0.39, 0.29) is 18.2 Å². The lowest BCUT2D eigenvalue weighted by atomic mass is 10.1. The largest absolute Gasteiger partial charge is 0.481 e. The van der Waals surface area contributed by atoms with Crippen molar-refractivity contribution in [3.05, 3.63) is 36.4 Å². The third-order valence-electron chi connectivity index (χ3n) is 3.80. The van der Waals surface area contributed by atoms with Crippen LogP contribution in [0, 0.1) is 0 Å². The van der Waals surface area contributed by atoms with Crippen LogP contribution in [0.5, 0.6) is 5.75 Å². The molecule has 138 valence electrons. The van der Waals surface area contributed by atoms with Gasteiger partial charge in [0, 0.05) is 43.4 Å². The molecule has 2 aromatic rings. The van der Waals surface area contributed by atoms with Gasteiger partial charge in [-0.05, 0) is 18.6 Å². The topological polar surface area (TPSA) is 95.9 Å². The molecule has 0 aliphatic carbocycles. The Bertz CT molecular complexity index is 817. The number of ether oxygens (including phenoxy) is 1. The zero-order valence-corrected chi connectivity index (χ0v) is 14.8. The van der Waals surface area contributed by atoms with Crippen LogP contribution in [0.4, 0.5) is 5.69 Å². The van der Waals surface area contributed by atoms with Gasteiger partial charge >= 0.3 is 5.97 Å². The lowest BCUT2D eigenvalue weighted by Crippen LogP contribution is -2.21. The van der Waals surface area contributed by atoms with Crippen LogP contribution < -0.4 is 10.1 Å². The third kappa shape index (κ3) is 5.20. The minimum atomic E-state index is -1.06. The molecule has 0 radical (unpaired) electrons. The van der Waals surface area contributed by atoms with Crippen molar-refractivity contribution >= 4 is 34.2 Å². The third-order valence-corrected chi connectivity index (χ3v) is 3.80. The van der Waals surface area contributed by atoms with E-state index in [0.29, 0.717) is 29.7 Å². The van der Waals surface area contributed by atoms with Gasteiger partial charge in [0.15, 0.2) is 6.61 Å². The Morgan fingerprint density at radius 2 is 1.73 bits per heavy atom. The Hall–Kier alpha value is -3.09. The van der Waals surface area contributed by atoms with E-state index in [4.69, 9.17) is 9.84 Å². The van der Waals surface area contributed by atoms with E-state index in [1.165, 1.54) is 4.90 Å². The number of nitrogens with one attached hydrogen (secondary N) is 1. The van der Waals surface area contributed by atoms with Crippen molar-refractivity contribution in [3.8, 4) is 5.75 Å². The number of nitrogens with zero attached hydrogens (tertiary/aromatic N) is 1. The van der Waals surface area contributed by atoms with E-state index < -0.39 is 12.6 Å². The number of fused-ring (bicyclic) bond motifs is 1. The summed E-state index contributed by atoms with van der Waals surface area (Å²) >= 11 is 0. The van der Waals surface area contributed by atoms with Crippen LogP contribution in [0.3, 0.4) is 0 Å². The first-order chi connectivity index (χ1) is 12.4. The highest BCUT2D eigenvalue weighted by Crippen LogP contribution is 2.31. The van der Waals surface area contributed by atoms with Gasteiger partial charge in [-0.3, -0.25) is 9.59 Å². The number of hydrogen-bond donors (Lipinski definition) is 2. The number of rotatable bonds is 8. The first-order valence-electron chi connectivity index (χ1n) is 8.25. The summed E-state index contributed by atoms with van der Waals surface area (Å²) in [5.41, 5.74) is 0.618. The number of benzene rings is 2. The summed E-state index contributed by atoms with van der Waals surface area (Å²) in [4.78, 5) is 35.9. The second kappa shape index (κ2) is 8.84. The molecule has 0 spiro atoms. The molecular weight excluding hydrogens is 336 g/mol. The van der Waals surface area contributed by atoms with E-state index in [1.807, 2.05) is 18.2 Å². The molecule has 2 N–H and O–H groups in total. The van der Waals surface area contributed by atoms with Gasteiger partial charge in [-0.2, -0.15) is 0 Å². The number of aliphatic carboxylic acids is 1. The Morgan fingerprint density at radius 1 is 1.04 bits per heavy atom. The van der Waals surface area contributed by atoms with Gasteiger partial charge < -0.3 is 20.1 Å². The molecule has 0 bridgehead atoms. The molecule has 0 saturated heterocycles. The minimum absolute atomic E-state index is 0.0109. The first-order valence-corrected chi connectivity index (χ1v) is 8.25. The minimum Gasteiger partial charge on any atom is -0.481 e. The van der Waals surface area contributed by atoms with Crippen LogP contribution >= 0.6 is 0 Å². The molecule has 2 rings (SSSR count). The SMILES string of the molecule is CN(C)C(=O)CCCC(=O)Nc1ccc(OCC(=O)O)c2ccccc12. The quantitative estimate of drug-likeness (QED) is 0.756. The summed E-state index contributed by atoms with van der Waals surface area (Å²) < 4.78 is 5.30. The zero-order chi connectivity index (χ0) is 19.1. The van der Waals surface area contributed by atoms with Gasteiger partial charge in [-0.15, -0.1) is 0 Å². The van der Waals surface area contributed by atoms with Crippen molar-refractivity contribution in [2.45, 2.75) is 19.3 Å². The number of carbonyl (C=O) groups is 3. The van der Waals surface area contributed by atoms with Crippen LogP contribution in [0.1, 0.15) is 19.3 Å². The van der Waals surface area contributed by atoms with Gasteiger partial charge in [-0.1, -0.05) is 24.3 Å². The summed E-state index contributed by atoms with van der Waals surface area (Å²) in [7, 11) is 3.37. The number of carboxylic acids is 1. The van der Waals surface area contributed by atoms with E-state index in [2.05, 4.69) is 5.32 Å². The fourth-order valence-corrected chi connectivity index (χ4v) is 2.48. The highest BCUT2D eigenvalue weighted by atomic mass is 16.5. The van der Waals surface area contributed by atoms with Crippen LogP contribution in [0.25, 0.3) is 10.8 Å². The van der Waals surface area contributed by atoms with E-state index in [9.17, 15) is 14.4 Å². The predicted octanol–water partition coefficient (Wildman–Crippen LogP) is 2.50. The predicted molar refractivity (Wildman–Crippen MR) is 98.3 cm³/mol. The number of carboxylic acid groups (broad SMARTS) is 1. The van der Waals surface area contributed by atoms with Crippen molar-refractivity contribution in [2.24, 2.45) is 0 Å². The maximum absolute atomic E-state index is 12.2. The van der Waals surface area contributed by atoms with Crippen LogP contribution in [-0.4, -0.2) is 48.5 Å². The van der Waals surface area contributed by atoms with Gasteiger partial charge in [-0.25, -0.2) is 4.79 Å². The van der Waals surface area contributed by atoms with Crippen molar-refractivity contribution in [2.75, 3.05) is 26.0 Å². The van der Waals surface area contributed by atoms with Crippen molar-refractivity contribution in [1.82, 2.24) is 4.90 Å². The van der Waals surface area contributed by atoms with Crippen molar-refractivity contribution in [1.29, 1.82) is 0 Å². The molecule has 0 aromatic heterocycles. The highest BCUT2D eigenvalue weighted by Gasteiger charge is 2.11. The van der Waals surface area contributed by atoms with Crippen LogP contribution in [0.15, 0.2) is 36.4 Å². The van der Waals surface area contributed by atoms with Crippen LogP contribution in [-0.2, 0) is 14.4 Å². The molecular formula is C19H22N2O5. The maximum atomic E-state index is 12.2. The zero-order valence-electron chi connectivity index (χ0n) is 14.8. The standard InChI is InChI=1S/C19H22N2O5/c1-21(2)18(23)9-5-8-17(22)20-15-10-11-16(26-12-19(24)25)14-7-4-3-6-13(14)15/h3-4,6-7,10-11H,5,8-9,12H2,1-2H3,(H,20,22)(H,24,25). The smallest absolute Gasteiger partial charge is 0.341 e. The van der Waals surface area contributed by atoms with Gasteiger partial charge in [0.05, 0.1) is 0 Å². The molecule has 0 fully saturated rings. The van der Waals surface area contributed by atoms with Gasteiger partial charge in [0.2, 0.25) is 11.8 Å². The molecule has 0 saturated carbocycles. The summed E-state index contributed by atoms with van der Waals surface area (Å²) in [5, 5.41) is 13.1. The fourth-order valence-electron chi connectivity index (χ4n) is 2.48. The average Bonchev–Trinajstić information content (AvgIpc) is 2.60. The molecule has 0 atom stereocenters. The normalized spacial score (nSPS) is 10.4. The van der Waals surface area contributed by atoms with Gasteiger partial charge in [0.1, 0.15) is 5.75 Å². The second-order valence-corrected chi connectivity index (χ2v) is 6.03. The highest BCUT2D eigenvalue weighted by molar-refractivity contribution is 6.04. The lowest BCUT2D eigenvalue weighted by molar-refractivity contribution is -0.139. The summed E-state index contributed by atoms with van der Waals surface area (Å²) in [6, 6.07) is 10.6. The Balaban J connectivity index is 2.08. The van der Waals surface area contributed by atoms with E-state index in [0.717, 1.165) is 5.39 Å². The molecule has 0 aliphatic rings. The lowest BCUT2D eigenvalue weighted by Gasteiger charge is -2.13. The molecule has 0 aliphatic heterocycles. The molecule has 2 amide bonds. The Kier molecular flexibility index (Phi) is 6.54. The molecule has 7 heteroatoms.